The van der Waals surface area contributed by atoms with Gasteiger partial charge in [-0.1, -0.05) is 38.1 Å². The molecule has 2 rings (SSSR count). The summed E-state index contributed by atoms with van der Waals surface area (Å²) in [5.41, 5.74) is 2.49. The van der Waals surface area contributed by atoms with E-state index in [1.54, 1.807) is 0 Å². The summed E-state index contributed by atoms with van der Waals surface area (Å²) in [6.45, 7) is 12.3. The number of guanidine groups is 1. The van der Waals surface area contributed by atoms with Crippen molar-refractivity contribution in [2.75, 3.05) is 44.3 Å². The van der Waals surface area contributed by atoms with Gasteiger partial charge in [0.1, 0.15) is 0 Å². The second-order valence-corrected chi connectivity index (χ2v) is 6.96. The molecular formula is C21H35IN4O. The minimum Gasteiger partial charge on any atom is -0.380 e. The fourth-order valence-corrected chi connectivity index (χ4v) is 2.72. The molecule has 0 fully saturated rings. The van der Waals surface area contributed by atoms with Crippen LogP contribution in [0, 0.1) is 5.92 Å². The third-order valence-corrected chi connectivity index (χ3v) is 4.24. The molecule has 1 aliphatic heterocycles. The molecule has 0 atom stereocenters. The Kier molecular flexibility index (Phi) is 12.2. The maximum absolute atomic E-state index is 5.65. The Morgan fingerprint density at radius 2 is 1.96 bits per heavy atom. The van der Waals surface area contributed by atoms with Gasteiger partial charge in [0, 0.05) is 38.5 Å². The molecule has 6 heteroatoms. The Balaban J connectivity index is 0.00000364. The second kappa shape index (κ2) is 13.8. The Bertz CT molecular complexity index is 581. The molecule has 1 aromatic carbocycles. The van der Waals surface area contributed by atoms with Gasteiger partial charge in [-0.25, -0.2) is 4.99 Å². The van der Waals surface area contributed by atoms with Crippen LogP contribution in [0.15, 0.2) is 41.4 Å². The van der Waals surface area contributed by atoms with Gasteiger partial charge in [0.05, 0.1) is 13.2 Å². The highest BCUT2D eigenvalue weighted by molar-refractivity contribution is 14.0. The van der Waals surface area contributed by atoms with Crippen molar-refractivity contribution in [1.82, 2.24) is 10.6 Å². The maximum atomic E-state index is 5.65. The number of nitrogens with zero attached hydrogens (tertiary/aromatic N) is 2. The van der Waals surface area contributed by atoms with Crippen LogP contribution in [0.25, 0.3) is 0 Å². The van der Waals surface area contributed by atoms with E-state index >= 15 is 0 Å². The molecular weight excluding hydrogens is 451 g/mol. The summed E-state index contributed by atoms with van der Waals surface area (Å²) < 4.78 is 5.65. The van der Waals surface area contributed by atoms with Crippen LogP contribution in [0.3, 0.4) is 0 Å². The largest absolute Gasteiger partial charge is 0.380 e. The van der Waals surface area contributed by atoms with Gasteiger partial charge in [-0.15, -0.1) is 24.0 Å². The van der Waals surface area contributed by atoms with Crippen molar-refractivity contribution in [3.8, 4) is 0 Å². The Morgan fingerprint density at radius 1 is 1.19 bits per heavy atom. The highest BCUT2D eigenvalue weighted by Gasteiger charge is 2.07. The predicted octanol–water partition coefficient (Wildman–Crippen LogP) is 3.80. The molecule has 1 heterocycles. The first-order chi connectivity index (χ1) is 12.7. The van der Waals surface area contributed by atoms with Gasteiger partial charge in [0.15, 0.2) is 5.96 Å². The molecule has 0 bridgehead atoms. The standard InChI is InChI=1S/C21H34N4O.HI/c1-4-22-21(23-11-15-26-14-10-18(2)3)24-17-19-8-7-9-20(16-19)25-12-5-6-13-25;/h5-9,16,18H,4,10-15,17H2,1-3H3,(H2,22,23,24);1H. The maximum Gasteiger partial charge on any atom is 0.191 e. The summed E-state index contributed by atoms with van der Waals surface area (Å²) in [5, 5.41) is 6.64. The normalized spacial score (nSPS) is 13.8. The van der Waals surface area contributed by atoms with E-state index in [9.17, 15) is 0 Å². The van der Waals surface area contributed by atoms with Gasteiger partial charge in [0.2, 0.25) is 0 Å². The number of aliphatic imine (C=N–C) groups is 1. The van der Waals surface area contributed by atoms with Gasteiger partial charge in [-0.2, -0.15) is 0 Å². The lowest BCUT2D eigenvalue weighted by molar-refractivity contribution is 0.128. The number of nitrogens with one attached hydrogen (secondary N) is 2. The molecule has 0 saturated heterocycles. The molecule has 0 aliphatic carbocycles. The number of ether oxygens (including phenoxy) is 1. The average molecular weight is 486 g/mol. The third-order valence-electron chi connectivity index (χ3n) is 4.24. The van der Waals surface area contributed by atoms with Crippen molar-refractivity contribution in [2.45, 2.75) is 33.7 Å². The van der Waals surface area contributed by atoms with E-state index < -0.39 is 0 Å². The Hall–Kier alpha value is -1.28. The van der Waals surface area contributed by atoms with Crippen molar-refractivity contribution in [2.24, 2.45) is 10.9 Å². The van der Waals surface area contributed by atoms with E-state index in [4.69, 9.17) is 9.73 Å². The lowest BCUT2D eigenvalue weighted by Crippen LogP contribution is -2.39. The molecule has 0 saturated carbocycles. The lowest BCUT2D eigenvalue weighted by atomic mass is 10.1. The number of rotatable bonds is 10. The zero-order chi connectivity index (χ0) is 18.6. The van der Waals surface area contributed by atoms with E-state index in [2.05, 4.69) is 72.7 Å². The van der Waals surface area contributed by atoms with Crippen LogP contribution in [0.2, 0.25) is 0 Å². The van der Waals surface area contributed by atoms with Crippen molar-refractivity contribution in [1.29, 1.82) is 0 Å². The average Bonchev–Trinajstić information content (AvgIpc) is 3.17. The quantitative estimate of drug-likeness (QED) is 0.174. The summed E-state index contributed by atoms with van der Waals surface area (Å²) in [4.78, 5) is 7.05. The molecule has 1 aliphatic rings. The van der Waals surface area contributed by atoms with E-state index in [0.29, 0.717) is 19.1 Å². The summed E-state index contributed by atoms with van der Waals surface area (Å²) in [6.07, 6.45) is 5.53. The molecule has 152 valence electrons. The van der Waals surface area contributed by atoms with Crippen molar-refractivity contribution < 1.29 is 4.74 Å². The van der Waals surface area contributed by atoms with Crippen molar-refractivity contribution in [3.63, 3.8) is 0 Å². The fraction of sp³-hybridized carbons (Fsp3) is 0.571. The first-order valence-electron chi connectivity index (χ1n) is 9.78. The highest BCUT2D eigenvalue weighted by Crippen LogP contribution is 2.18. The van der Waals surface area contributed by atoms with E-state index in [-0.39, 0.29) is 24.0 Å². The fourth-order valence-electron chi connectivity index (χ4n) is 2.72. The third kappa shape index (κ3) is 9.46. The Morgan fingerprint density at radius 3 is 2.67 bits per heavy atom. The van der Waals surface area contributed by atoms with Gasteiger partial charge in [0.25, 0.3) is 0 Å². The molecule has 0 spiro atoms. The molecule has 0 radical (unpaired) electrons. The van der Waals surface area contributed by atoms with Crippen LogP contribution in [0.4, 0.5) is 5.69 Å². The van der Waals surface area contributed by atoms with Crippen LogP contribution < -0.4 is 15.5 Å². The SMILES string of the molecule is CCNC(=NCc1cccc(N2CC=CC2)c1)NCCOCCC(C)C.I. The number of anilines is 1. The lowest BCUT2D eigenvalue weighted by Gasteiger charge is -2.18. The van der Waals surface area contributed by atoms with E-state index in [1.807, 2.05) is 0 Å². The topological polar surface area (TPSA) is 48.9 Å². The molecule has 0 unspecified atom stereocenters. The summed E-state index contributed by atoms with van der Waals surface area (Å²) in [7, 11) is 0. The van der Waals surface area contributed by atoms with Crippen LogP contribution >= 0.6 is 24.0 Å². The van der Waals surface area contributed by atoms with Gasteiger partial charge < -0.3 is 20.3 Å². The highest BCUT2D eigenvalue weighted by atomic mass is 127. The summed E-state index contributed by atoms with van der Waals surface area (Å²) in [5.74, 6) is 1.53. The summed E-state index contributed by atoms with van der Waals surface area (Å²) >= 11 is 0. The van der Waals surface area contributed by atoms with Crippen LogP contribution in [0.1, 0.15) is 32.8 Å². The zero-order valence-corrected chi connectivity index (χ0v) is 19.2. The monoisotopic (exact) mass is 486 g/mol. The molecule has 27 heavy (non-hydrogen) atoms. The number of hydrogen-bond acceptors (Lipinski definition) is 3. The van der Waals surface area contributed by atoms with Crippen LogP contribution in [0.5, 0.6) is 0 Å². The van der Waals surface area contributed by atoms with Crippen molar-refractivity contribution >= 4 is 35.6 Å². The van der Waals surface area contributed by atoms with Crippen LogP contribution in [-0.4, -0.2) is 45.4 Å². The summed E-state index contributed by atoms with van der Waals surface area (Å²) in [6, 6.07) is 8.64. The Labute approximate surface area is 181 Å². The first kappa shape index (κ1) is 23.8. The predicted molar refractivity (Wildman–Crippen MR) is 126 cm³/mol. The molecule has 2 N–H and O–H groups in total. The van der Waals surface area contributed by atoms with Crippen molar-refractivity contribution in [3.05, 3.63) is 42.0 Å². The van der Waals surface area contributed by atoms with Gasteiger partial charge >= 0.3 is 0 Å². The smallest absolute Gasteiger partial charge is 0.191 e. The molecule has 0 aromatic heterocycles. The zero-order valence-electron chi connectivity index (χ0n) is 16.9. The van der Waals surface area contributed by atoms with Crippen LogP contribution in [-0.2, 0) is 11.3 Å². The molecule has 1 aromatic rings. The molecule has 5 nitrogen and oxygen atoms in total. The number of hydrogen-bond donors (Lipinski definition) is 2. The minimum atomic E-state index is 0. The van der Waals surface area contributed by atoms with E-state index in [1.165, 1.54) is 11.3 Å². The number of halogens is 1. The minimum absolute atomic E-state index is 0. The molecule has 0 amide bonds. The van der Waals surface area contributed by atoms with Gasteiger partial charge in [-0.05, 0) is 37.0 Å². The first-order valence-corrected chi connectivity index (χ1v) is 9.78. The van der Waals surface area contributed by atoms with E-state index in [0.717, 1.165) is 45.2 Å². The number of benzene rings is 1. The second-order valence-electron chi connectivity index (χ2n) is 6.96. The van der Waals surface area contributed by atoms with Gasteiger partial charge in [-0.3, -0.25) is 0 Å².